The van der Waals surface area contributed by atoms with Gasteiger partial charge in [0.2, 0.25) is 0 Å². The van der Waals surface area contributed by atoms with Crippen LogP contribution in [0.1, 0.15) is 40.4 Å². The maximum Gasteiger partial charge on any atom is 0.345 e. The summed E-state index contributed by atoms with van der Waals surface area (Å²) in [6, 6.07) is 22.0. The van der Waals surface area contributed by atoms with Gasteiger partial charge in [0.25, 0.3) is 0 Å². The zero-order valence-electron chi connectivity index (χ0n) is 21.9. The van der Waals surface area contributed by atoms with Gasteiger partial charge in [0.15, 0.2) is 0 Å². The molecule has 40 heavy (non-hydrogen) atoms. The first-order valence-corrected chi connectivity index (χ1v) is 12.6. The molecule has 8 nitrogen and oxygen atoms in total. The number of aromatic nitrogens is 1. The van der Waals surface area contributed by atoms with Crippen molar-refractivity contribution in [3.8, 4) is 0 Å². The predicted octanol–water partition coefficient (Wildman–Crippen LogP) is 4.86. The fourth-order valence-electron chi connectivity index (χ4n) is 5.11. The van der Waals surface area contributed by atoms with E-state index in [1.165, 1.54) is 5.56 Å². The van der Waals surface area contributed by atoms with Crippen molar-refractivity contribution in [2.45, 2.75) is 25.3 Å². The van der Waals surface area contributed by atoms with Gasteiger partial charge in [-0.05, 0) is 48.2 Å². The number of hydrogen-bond donors (Lipinski definition) is 1. The molecule has 2 unspecified atom stereocenters. The summed E-state index contributed by atoms with van der Waals surface area (Å²) in [6.07, 6.45) is 5.00. The van der Waals surface area contributed by atoms with Crippen molar-refractivity contribution in [3.05, 3.63) is 95.7 Å². The molecule has 0 saturated carbocycles. The molecule has 214 valence electrons. The van der Waals surface area contributed by atoms with Gasteiger partial charge in [-0.15, -0.1) is 37.2 Å². The first-order valence-electron chi connectivity index (χ1n) is 12.6. The molecule has 2 aliphatic rings. The van der Waals surface area contributed by atoms with Gasteiger partial charge in [0.05, 0.1) is 25.1 Å². The lowest BCUT2D eigenvalue weighted by Gasteiger charge is -2.41. The molecule has 2 atom stereocenters. The third-order valence-corrected chi connectivity index (χ3v) is 7.27. The van der Waals surface area contributed by atoms with Crippen LogP contribution in [0, 0.1) is 5.41 Å². The summed E-state index contributed by atoms with van der Waals surface area (Å²) in [5.74, 6) is -0.303. The lowest BCUT2D eigenvalue weighted by atomic mass is 9.67. The van der Waals surface area contributed by atoms with Crippen molar-refractivity contribution in [1.29, 1.82) is 0 Å². The highest BCUT2D eigenvalue weighted by atomic mass is 35.5. The molecule has 5 rings (SSSR count). The number of piperazine rings is 1. The molecule has 11 heteroatoms. The highest BCUT2D eigenvalue weighted by Gasteiger charge is 2.43. The number of nitrogens with zero attached hydrogens (tertiary/aromatic N) is 4. The molecular weight excluding hydrogens is 573 g/mol. The first kappa shape index (κ1) is 33.0. The fraction of sp³-hybridized carbons (Fsp3) is 0.310. The average molecular weight is 607 g/mol. The van der Waals surface area contributed by atoms with E-state index >= 15 is 0 Å². The number of halogens is 3. The smallest absolute Gasteiger partial charge is 0.345 e. The Balaban J connectivity index is 0.00000187. The van der Waals surface area contributed by atoms with E-state index in [-0.39, 0.29) is 43.6 Å². The molecule has 3 aromatic rings. The van der Waals surface area contributed by atoms with E-state index in [9.17, 15) is 9.59 Å². The Morgan fingerprint density at radius 2 is 1.62 bits per heavy atom. The summed E-state index contributed by atoms with van der Waals surface area (Å²) < 4.78 is 5.23. The monoisotopic (exact) mass is 605 g/mol. The molecule has 2 heterocycles. The largest absolute Gasteiger partial charge is 0.389 e. The summed E-state index contributed by atoms with van der Waals surface area (Å²) in [5, 5.41) is 6.82. The summed E-state index contributed by atoms with van der Waals surface area (Å²) in [4.78, 5) is 32.2. The molecule has 0 spiro atoms. The molecular formula is C29H34Cl3N5O3. The fourth-order valence-corrected chi connectivity index (χ4v) is 5.11. The van der Waals surface area contributed by atoms with E-state index < -0.39 is 23.4 Å². The van der Waals surface area contributed by atoms with Crippen LogP contribution in [0.25, 0.3) is 0 Å². The van der Waals surface area contributed by atoms with Crippen LogP contribution in [0.5, 0.6) is 0 Å². The number of aryl methyl sites for hydroxylation is 1. The molecule has 2 aromatic carbocycles. The number of carbonyl (C=O) groups is 2. The minimum atomic E-state index is -0.763. The molecule has 0 amide bonds. The number of fused-ring (bicyclic) bond motifs is 1. The van der Waals surface area contributed by atoms with Gasteiger partial charge in [0.1, 0.15) is 5.82 Å². The predicted molar refractivity (Wildman–Crippen MR) is 164 cm³/mol. The van der Waals surface area contributed by atoms with Gasteiger partial charge in [0, 0.05) is 37.0 Å². The van der Waals surface area contributed by atoms with Gasteiger partial charge >= 0.3 is 11.9 Å². The first-order chi connectivity index (χ1) is 18.0. The minimum Gasteiger partial charge on any atom is -0.389 e. The van der Waals surface area contributed by atoms with Crippen LogP contribution < -0.4 is 10.6 Å². The van der Waals surface area contributed by atoms with Gasteiger partial charge in [-0.2, -0.15) is 5.10 Å². The maximum absolute atomic E-state index is 13.0. The summed E-state index contributed by atoms with van der Waals surface area (Å²) in [5.41, 5.74) is 8.56. The number of nitrogens with two attached hydrogens (primary N) is 1. The van der Waals surface area contributed by atoms with Crippen molar-refractivity contribution < 1.29 is 14.3 Å². The number of ether oxygens (including phenoxy) is 1. The highest BCUT2D eigenvalue weighted by Crippen LogP contribution is 2.44. The lowest BCUT2D eigenvalue weighted by Crippen LogP contribution is -2.46. The zero-order valence-corrected chi connectivity index (χ0v) is 24.4. The number of esters is 2. The van der Waals surface area contributed by atoms with Crippen molar-refractivity contribution in [1.82, 2.24) is 9.99 Å². The molecule has 1 saturated heterocycles. The van der Waals surface area contributed by atoms with E-state index in [1.807, 2.05) is 47.6 Å². The third-order valence-electron chi connectivity index (χ3n) is 7.27. The van der Waals surface area contributed by atoms with Crippen molar-refractivity contribution >= 4 is 61.2 Å². The van der Waals surface area contributed by atoms with Crippen LogP contribution in [0.2, 0.25) is 0 Å². The Morgan fingerprint density at radius 1 is 0.950 bits per heavy atom. The van der Waals surface area contributed by atoms with Crippen molar-refractivity contribution in [2.75, 3.05) is 31.1 Å². The van der Waals surface area contributed by atoms with Crippen molar-refractivity contribution in [3.63, 3.8) is 0 Å². The number of carbonyl (C=O) groups excluding carboxylic acids is 2. The van der Waals surface area contributed by atoms with E-state index in [1.54, 1.807) is 36.5 Å². The summed E-state index contributed by atoms with van der Waals surface area (Å²) in [7, 11) is 0. The van der Waals surface area contributed by atoms with E-state index in [0.29, 0.717) is 12.0 Å². The number of hydrogen-bond acceptors (Lipinski definition) is 8. The van der Waals surface area contributed by atoms with Gasteiger partial charge in [-0.3, -0.25) is 9.80 Å². The standard InChI is InChI=1S/C29H31N5O3.3ClH/c30-27-24-11-5-4-8-22(24)13-14-29(27,20-26(35)37-28(36)23-9-2-1-3-10-23)21-32-34-18-16-33(17-19-34)25-12-6-7-15-31-25;;;/h1-12,15,21,27H,13-14,16-20,30H2;3*1H. The van der Waals surface area contributed by atoms with E-state index in [4.69, 9.17) is 15.6 Å². The Labute approximate surface area is 253 Å². The number of pyridine rings is 1. The van der Waals surface area contributed by atoms with Crippen molar-refractivity contribution in [2.24, 2.45) is 16.3 Å². The quantitative estimate of drug-likeness (QED) is 0.243. The molecule has 1 aliphatic carbocycles. The topological polar surface area (TPSA) is 101 Å². The third kappa shape index (κ3) is 7.52. The number of hydrazone groups is 1. The summed E-state index contributed by atoms with van der Waals surface area (Å²) >= 11 is 0. The van der Waals surface area contributed by atoms with Crippen LogP contribution in [0.15, 0.2) is 84.1 Å². The highest BCUT2D eigenvalue weighted by molar-refractivity contribution is 5.97. The van der Waals surface area contributed by atoms with Crippen LogP contribution in [-0.2, 0) is 16.0 Å². The molecule has 1 aliphatic heterocycles. The van der Waals surface area contributed by atoms with Gasteiger partial charge in [-0.25, -0.2) is 9.78 Å². The number of anilines is 1. The van der Waals surface area contributed by atoms with Crippen LogP contribution in [0.4, 0.5) is 5.82 Å². The Kier molecular flexibility index (Phi) is 12.4. The minimum absolute atomic E-state index is 0. The zero-order chi connectivity index (χ0) is 25.7. The van der Waals surface area contributed by atoms with Crippen LogP contribution in [-0.4, -0.2) is 54.3 Å². The summed E-state index contributed by atoms with van der Waals surface area (Å²) in [6.45, 7) is 3.05. The second-order valence-corrected chi connectivity index (χ2v) is 9.59. The van der Waals surface area contributed by atoms with E-state index in [0.717, 1.165) is 44.0 Å². The SMILES string of the molecule is Cl.Cl.Cl.NC1c2ccccc2CCC1(C=NN1CCN(c2ccccn2)CC1)CC(=O)OC(=O)c1ccccc1. The number of benzene rings is 2. The average Bonchev–Trinajstić information content (AvgIpc) is 2.95. The second kappa shape index (κ2) is 15.0. The second-order valence-electron chi connectivity index (χ2n) is 9.59. The molecule has 1 fully saturated rings. The van der Waals surface area contributed by atoms with E-state index in [2.05, 4.69) is 16.0 Å². The van der Waals surface area contributed by atoms with Crippen LogP contribution in [0.3, 0.4) is 0 Å². The Bertz CT molecular complexity index is 1270. The van der Waals surface area contributed by atoms with Gasteiger partial charge in [-0.1, -0.05) is 48.5 Å². The lowest BCUT2D eigenvalue weighted by molar-refractivity contribution is -0.140. The molecule has 0 bridgehead atoms. The Morgan fingerprint density at radius 3 is 2.33 bits per heavy atom. The normalized spacial score (nSPS) is 19.9. The maximum atomic E-state index is 13.0. The van der Waals surface area contributed by atoms with Gasteiger partial charge < -0.3 is 15.4 Å². The molecule has 1 aromatic heterocycles. The number of rotatable bonds is 6. The molecule has 2 N–H and O–H groups in total. The van der Waals surface area contributed by atoms with Crippen LogP contribution >= 0.6 is 37.2 Å². The Hall–Kier alpha value is -3.17. The molecule has 0 radical (unpaired) electrons.